The maximum atomic E-state index is 13.0. The minimum atomic E-state index is -0.436. The van der Waals surface area contributed by atoms with Crippen LogP contribution in [0.1, 0.15) is 30.0 Å². The zero-order valence-corrected chi connectivity index (χ0v) is 7.76. The zero-order valence-electron chi connectivity index (χ0n) is 7.76. The first-order valence-corrected chi connectivity index (χ1v) is 4.74. The van der Waals surface area contributed by atoms with Crippen molar-refractivity contribution in [1.29, 1.82) is 5.26 Å². The Morgan fingerprint density at radius 1 is 1.50 bits per heavy atom. The molecule has 14 heavy (non-hydrogen) atoms. The highest BCUT2D eigenvalue weighted by atomic mass is 19.1. The minimum absolute atomic E-state index is 0.135. The lowest BCUT2D eigenvalue weighted by atomic mass is 10.0. The summed E-state index contributed by atoms with van der Waals surface area (Å²) in [6.07, 6.45) is 2.21. The van der Waals surface area contributed by atoms with Gasteiger partial charge in [0.25, 0.3) is 0 Å². The Morgan fingerprint density at radius 3 is 3.00 bits per heavy atom. The molecule has 0 radical (unpaired) electrons. The standard InChI is InChI=1S/C11H11FN2/c12-10-4-3-8(6-9(10)7-13)11-2-1-5-14-11/h3-4,6,11,14H,1-2,5H2/t11-/m0/s1. The van der Waals surface area contributed by atoms with Crippen molar-refractivity contribution >= 4 is 0 Å². The number of halogens is 1. The fourth-order valence-electron chi connectivity index (χ4n) is 1.81. The number of rotatable bonds is 1. The van der Waals surface area contributed by atoms with Gasteiger partial charge in [-0.05, 0) is 37.1 Å². The van der Waals surface area contributed by atoms with Gasteiger partial charge in [-0.3, -0.25) is 0 Å². The minimum Gasteiger partial charge on any atom is -0.310 e. The molecule has 1 saturated heterocycles. The van der Waals surface area contributed by atoms with Gasteiger partial charge >= 0.3 is 0 Å². The van der Waals surface area contributed by atoms with Gasteiger partial charge in [-0.15, -0.1) is 0 Å². The first-order chi connectivity index (χ1) is 6.81. The maximum Gasteiger partial charge on any atom is 0.140 e. The lowest BCUT2D eigenvalue weighted by Crippen LogP contribution is -2.13. The van der Waals surface area contributed by atoms with Crippen LogP contribution in [0.3, 0.4) is 0 Å². The van der Waals surface area contributed by atoms with E-state index in [1.807, 2.05) is 6.07 Å². The summed E-state index contributed by atoms with van der Waals surface area (Å²) in [6, 6.07) is 6.91. The molecule has 72 valence electrons. The monoisotopic (exact) mass is 190 g/mol. The van der Waals surface area contributed by atoms with Crippen LogP contribution in [0.2, 0.25) is 0 Å². The predicted octanol–water partition coefficient (Wildman–Crippen LogP) is 2.12. The van der Waals surface area contributed by atoms with Crippen molar-refractivity contribution in [2.75, 3.05) is 6.54 Å². The van der Waals surface area contributed by atoms with Gasteiger partial charge in [0.1, 0.15) is 11.9 Å². The van der Waals surface area contributed by atoms with Gasteiger partial charge in [-0.2, -0.15) is 5.26 Å². The normalized spacial score (nSPS) is 20.7. The molecule has 1 aromatic carbocycles. The third-order valence-electron chi connectivity index (χ3n) is 2.57. The van der Waals surface area contributed by atoms with E-state index in [-0.39, 0.29) is 5.56 Å². The van der Waals surface area contributed by atoms with E-state index >= 15 is 0 Å². The van der Waals surface area contributed by atoms with Crippen LogP contribution >= 0.6 is 0 Å². The molecule has 0 unspecified atom stereocenters. The van der Waals surface area contributed by atoms with Crippen LogP contribution in [-0.2, 0) is 0 Å². The van der Waals surface area contributed by atoms with Crippen molar-refractivity contribution in [3.05, 3.63) is 35.1 Å². The van der Waals surface area contributed by atoms with Crippen molar-refractivity contribution in [2.24, 2.45) is 0 Å². The highest BCUT2D eigenvalue weighted by Gasteiger charge is 2.17. The van der Waals surface area contributed by atoms with E-state index in [0.717, 1.165) is 24.9 Å². The topological polar surface area (TPSA) is 35.8 Å². The molecule has 1 heterocycles. The summed E-state index contributed by atoms with van der Waals surface area (Å²) in [6.45, 7) is 1.00. The fraction of sp³-hybridized carbons (Fsp3) is 0.364. The quantitative estimate of drug-likeness (QED) is 0.736. The van der Waals surface area contributed by atoms with Gasteiger partial charge in [0.05, 0.1) is 5.56 Å². The van der Waals surface area contributed by atoms with E-state index in [2.05, 4.69) is 5.32 Å². The fourth-order valence-corrected chi connectivity index (χ4v) is 1.81. The molecule has 1 aliphatic rings. The second-order valence-corrected chi connectivity index (χ2v) is 3.50. The van der Waals surface area contributed by atoms with Gasteiger partial charge < -0.3 is 5.32 Å². The van der Waals surface area contributed by atoms with Crippen LogP contribution in [0, 0.1) is 17.1 Å². The average Bonchev–Trinajstić information content (AvgIpc) is 2.71. The summed E-state index contributed by atoms with van der Waals surface area (Å²) in [5, 5.41) is 12.0. The summed E-state index contributed by atoms with van der Waals surface area (Å²) in [5.74, 6) is -0.436. The summed E-state index contributed by atoms with van der Waals surface area (Å²) < 4.78 is 13.0. The van der Waals surface area contributed by atoms with Gasteiger partial charge in [-0.1, -0.05) is 6.07 Å². The molecule has 0 amide bonds. The third kappa shape index (κ3) is 1.61. The molecule has 2 nitrogen and oxygen atoms in total. The van der Waals surface area contributed by atoms with E-state index < -0.39 is 5.82 Å². The van der Waals surface area contributed by atoms with Crippen LogP contribution in [0.5, 0.6) is 0 Å². The third-order valence-corrected chi connectivity index (χ3v) is 2.57. The van der Waals surface area contributed by atoms with Crippen LogP contribution < -0.4 is 5.32 Å². The van der Waals surface area contributed by atoms with Crippen molar-refractivity contribution in [3.8, 4) is 6.07 Å². The Balaban J connectivity index is 2.31. The molecule has 0 bridgehead atoms. The van der Waals surface area contributed by atoms with Gasteiger partial charge in [0.15, 0.2) is 0 Å². The molecule has 1 atom stereocenters. The SMILES string of the molecule is N#Cc1cc([C@@H]2CCCN2)ccc1F. The maximum absolute atomic E-state index is 13.0. The van der Waals surface area contributed by atoms with Crippen LogP contribution in [-0.4, -0.2) is 6.54 Å². The number of hydrogen-bond acceptors (Lipinski definition) is 2. The van der Waals surface area contributed by atoms with Crippen molar-refractivity contribution in [1.82, 2.24) is 5.32 Å². The van der Waals surface area contributed by atoms with E-state index in [1.165, 1.54) is 6.07 Å². The Morgan fingerprint density at radius 2 is 2.36 bits per heavy atom. The number of benzene rings is 1. The van der Waals surface area contributed by atoms with Crippen LogP contribution in [0.25, 0.3) is 0 Å². The molecule has 1 aromatic rings. The Kier molecular flexibility index (Phi) is 2.47. The number of hydrogen-bond donors (Lipinski definition) is 1. The lowest BCUT2D eigenvalue weighted by Gasteiger charge is -2.10. The summed E-state index contributed by atoms with van der Waals surface area (Å²) in [7, 11) is 0. The van der Waals surface area contributed by atoms with Crippen molar-refractivity contribution in [3.63, 3.8) is 0 Å². The van der Waals surface area contributed by atoms with Gasteiger partial charge in [0.2, 0.25) is 0 Å². The molecule has 3 heteroatoms. The molecular formula is C11H11FN2. The molecule has 2 rings (SSSR count). The van der Waals surface area contributed by atoms with Crippen molar-refractivity contribution < 1.29 is 4.39 Å². The number of nitrogens with one attached hydrogen (secondary N) is 1. The molecule has 0 saturated carbocycles. The summed E-state index contributed by atoms with van der Waals surface area (Å²) >= 11 is 0. The van der Waals surface area contributed by atoms with Crippen LogP contribution in [0.4, 0.5) is 4.39 Å². The first kappa shape index (κ1) is 9.17. The lowest BCUT2D eigenvalue weighted by molar-refractivity contribution is 0.614. The molecule has 1 fully saturated rings. The smallest absolute Gasteiger partial charge is 0.140 e. The largest absolute Gasteiger partial charge is 0.310 e. The van der Waals surface area contributed by atoms with Gasteiger partial charge in [0, 0.05) is 6.04 Å². The average molecular weight is 190 g/mol. The highest BCUT2D eigenvalue weighted by Crippen LogP contribution is 2.24. The van der Waals surface area contributed by atoms with Crippen LogP contribution in [0.15, 0.2) is 18.2 Å². The van der Waals surface area contributed by atoms with Gasteiger partial charge in [-0.25, -0.2) is 4.39 Å². The zero-order chi connectivity index (χ0) is 9.97. The molecule has 1 aliphatic heterocycles. The molecule has 0 aliphatic carbocycles. The van der Waals surface area contributed by atoms with E-state index in [4.69, 9.17) is 5.26 Å². The Hall–Kier alpha value is -1.40. The molecule has 0 aromatic heterocycles. The second kappa shape index (κ2) is 3.77. The molecular weight excluding hydrogens is 179 g/mol. The predicted molar refractivity (Wildman–Crippen MR) is 51.1 cm³/mol. The second-order valence-electron chi connectivity index (χ2n) is 3.50. The van der Waals surface area contributed by atoms with E-state index in [9.17, 15) is 4.39 Å². The highest BCUT2D eigenvalue weighted by molar-refractivity contribution is 5.35. The summed E-state index contributed by atoms with van der Waals surface area (Å²) in [5.41, 5.74) is 1.15. The molecule has 0 spiro atoms. The summed E-state index contributed by atoms with van der Waals surface area (Å²) in [4.78, 5) is 0. The van der Waals surface area contributed by atoms with E-state index in [0.29, 0.717) is 6.04 Å². The molecule has 1 N–H and O–H groups in total. The first-order valence-electron chi connectivity index (χ1n) is 4.74. The van der Waals surface area contributed by atoms with Crippen molar-refractivity contribution in [2.45, 2.75) is 18.9 Å². The van der Waals surface area contributed by atoms with E-state index in [1.54, 1.807) is 12.1 Å². The Bertz CT molecular complexity index is 375. The number of nitriles is 1. The Labute approximate surface area is 82.4 Å². The number of nitrogens with zero attached hydrogens (tertiary/aromatic N) is 1.